The number of carbonyl (C=O) groups is 1. The number of hydrogen-bond acceptors (Lipinski definition) is 3. The maximum atomic E-state index is 12.6. The summed E-state index contributed by atoms with van der Waals surface area (Å²) in [5.41, 5.74) is 2.49. The summed E-state index contributed by atoms with van der Waals surface area (Å²) >= 11 is 0. The molecule has 0 N–H and O–H groups in total. The molecule has 0 spiro atoms. The van der Waals surface area contributed by atoms with Crippen LogP contribution in [0.1, 0.15) is 36.8 Å². The van der Waals surface area contributed by atoms with Crippen LogP contribution < -0.4 is 4.31 Å². The Bertz CT molecular complexity index is 679. The van der Waals surface area contributed by atoms with Crippen molar-refractivity contribution in [2.75, 3.05) is 24.2 Å². The molecule has 0 unspecified atom stereocenters. The SMILES string of the molecule is Cc1ccc(N(CC(=O)N(C)C2CCCC2)S(C)(=O)=O)c(C)c1. The Hall–Kier alpha value is -1.56. The predicted molar refractivity (Wildman–Crippen MR) is 93.1 cm³/mol. The van der Waals surface area contributed by atoms with Crippen LogP contribution in [0, 0.1) is 13.8 Å². The summed E-state index contributed by atoms with van der Waals surface area (Å²) in [7, 11) is -1.74. The molecule has 0 heterocycles. The van der Waals surface area contributed by atoms with Crippen LogP contribution in [0.15, 0.2) is 18.2 Å². The molecule has 1 aromatic rings. The number of aryl methyl sites for hydroxylation is 2. The third kappa shape index (κ3) is 4.25. The Kier molecular flexibility index (Phi) is 5.34. The molecule has 0 aromatic heterocycles. The number of rotatable bonds is 5. The summed E-state index contributed by atoms with van der Waals surface area (Å²) < 4.78 is 25.6. The lowest BCUT2D eigenvalue weighted by atomic mass is 10.1. The van der Waals surface area contributed by atoms with Crippen molar-refractivity contribution in [2.24, 2.45) is 0 Å². The van der Waals surface area contributed by atoms with Crippen LogP contribution in [0.5, 0.6) is 0 Å². The highest BCUT2D eigenvalue weighted by molar-refractivity contribution is 7.92. The molecular formula is C17H26N2O3S. The first kappa shape index (κ1) is 17.8. The molecule has 1 amide bonds. The van der Waals surface area contributed by atoms with Gasteiger partial charge in [-0.15, -0.1) is 0 Å². The monoisotopic (exact) mass is 338 g/mol. The second-order valence-electron chi connectivity index (χ2n) is 6.50. The third-order valence-electron chi connectivity index (χ3n) is 4.57. The van der Waals surface area contributed by atoms with Crippen molar-refractivity contribution in [1.82, 2.24) is 4.90 Å². The largest absolute Gasteiger partial charge is 0.341 e. The summed E-state index contributed by atoms with van der Waals surface area (Å²) in [5, 5.41) is 0. The zero-order valence-electron chi connectivity index (χ0n) is 14.4. The minimum Gasteiger partial charge on any atom is -0.341 e. The first-order valence-corrected chi connectivity index (χ1v) is 9.85. The lowest BCUT2D eigenvalue weighted by Crippen LogP contribution is -2.44. The summed E-state index contributed by atoms with van der Waals surface area (Å²) in [6.45, 7) is 3.68. The Morgan fingerprint density at radius 3 is 2.35 bits per heavy atom. The van der Waals surface area contributed by atoms with E-state index in [4.69, 9.17) is 0 Å². The predicted octanol–water partition coefficient (Wildman–Crippen LogP) is 2.47. The molecule has 128 valence electrons. The van der Waals surface area contributed by atoms with Gasteiger partial charge in [-0.1, -0.05) is 30.5 Å². The van der Waals surface area contributed by atoms with Gasteiger partial charge < -0.3 is 4.90 Å². The molecule has 0 atom stereocenters. The summed E-state index contributed by atoms with van der Waals surface area (Å²) in [6.07, 6.45) is 5.43. The van der Waals surface area contributed by atoms with Gasteiger partial charge in [-0.25, -0.2) is 8.42 Å². The first-order valence-electron chi connectivity index (χ1n) is 8.01. The summed E-state index contributed by atoms with van der Waals surface area (Å²) in [4.78, 5) is 14.3. The molecule has 6 heteroatoms. The van der Waals surface area contributed by atoms with Crippen molar-refractivity contribution in [2.45, 2.75) is 45.6 Å². The van der Waals surface area contributed by atoms with Crippen LogP contribution in [0.4, 0.5) is 5.69 Å². The van der Waals surface area contributed by atoms with E-state index >= 15 is 0 Å². The average molecular weight is 338 g/mol. The molecule has 1 aromatic carbocycles. The highest BCUT2D eigenvalue weighted by atomic mass is 32.2. The zero-order valence-corrected chi connectivity index (χ0v) is 15.2. The fraction of sp³-hybridized carbons (Fsp3) is 0.588. The highest BCUT2D eigenvalue weighted by Crippen LogP contribution is 2.25. The standard InChI is InChI=1S/C17H26N2O3S/c1-13-9-10-16(14(2)11-13)19(23(4,21)22)12-17(20)18(3)15-7-5-6-8-15/h9-11,15H,5-8,12H2,1-4H3. The molecule has 1 aliphatic carbocycles. The van der Waals surface area contributed by atoms with E-state index in [9.17, 15) is 13.2 Å². The van der Waals surface area contributed by atoms with E-state index in [1.807, 2.05) is 26.0 Å². The molecule has 1 aliphatic rings. The summed E-state index contributed by atoms with van der Waals surface area (Å²) in [6, 6.07) is 5.81. The number of hydrogen-bond donors (Lipinski definition) is 0. The molecule has 0 saturated heterocycles. The Morgan fingerprint density at radius 2 is 1.83 bits per heavy atom. The molecule has 0 radical (unpaired) electrons. The fourth-order valence-electron chi connectivity index (χ4n) is 3.20. The first-order chi connectivity index (χ1) is 10.7. The third-order valence-corrected chi connectivity index (χ3v) is 5.69. The van der Waals surface area contributed by atoms with Gasteiger partial charge in [0.1, 0.15) is 6.54 Å². The van der Waals surface area contributed by atoms with E-state index in [0.717, 1.165) is 43.1 Å². The van der Waals surface area contributed by atoms with E-state index in [2.05, 4.69) is 0 Å². The molecule has 23 heavy (non-hydrogen) atoms. The minimum absolute atomic E-state index is 0.143. The molecule has 5 nitrogen and oxygen atoms in total. The molecular weight excluding hydrogens is 312 g/mol. The summed E-state index contributed by atoms with van der Waals surface area (Å²) in [5.74, 6) is -0.151. The number of sulfonamides is 1. The maximum Gasteiger partial charge on any atom is 0.243 e. The maximum absolute atomic E-state index is 12.6. The van der Waals surface area contributed by atoms with Gasteiger partial charge in [0, 0.05) is 13.1 Å². The van der Waals surface area contributed by atoms with E-state index in [1.165, 1.54) is 4.31 Å². The highest BCUT2D eigenvalue weighted by Gasteiger charge is 2.28. The number of likely N-dealkylation sites (N-methyl/N-ethyl adjacent to an activating group) is 1. The Morgan fingerprint density at radius 1 is 1.22 bits per heavy atom. The quantitative estimate of drug-likeness (QED) is 0.829. The number of amides is 1. The van der Waals surface area contributed by atoms with Crippen molar-refractivity contribution in [1.29, 1.82) is 0 Å². The number of benzene rings is 1. The van der Waals surface area contributed by atoms with Gasteiger partial charge >= 0.3 is 0 Å². The van der Waals surface area contributed by atoms with Crippen molar-refractivity contribution in [3.63, 3.8) is 0 Å². The minimum atomic E-state index is -3.52. The average Bonchev–Trinajstić information content (AvgIpc) is 2.97. The van der Waals surface area contributed by atoms with Gasteiger partial charge in [0.25, 0.3) is 0 Å². The van der Waals surface area contributed by atoms with Crippen molar-refractivity contribution in [3.8, 4) is 0 Å². The molecule has 2 rings (SSSR count). The van der Waals surface area contributed by atoms with Gasteiger partial charge in [0.2, 0.25) is 15.9 Å². The topological polar surface area (TPSA) is 57.7 Å². The van der Waals surface area contributed by atoms with Crippen LogP contribution in [0.25, 0.3) is 0 Å². The number of nitrogens with zero attached hydrogens (tertiary/aromatic N) is 2. The number of carbonyl (C=O) groups excluding carboxylic acids is 1. The lowest BCUT2D eigenvalue weighted by molar-refractivity contribution is -0.130. The van der Waals surface area contributed by atoms with Crippen LogP contribution in [-0.2, 0) is 14.8 Å². The fourth-order valence-corrected chi connectivity index (χ4v) is 4.10. The number of anilines is 1. The van der Waals surface area contributed by atoms with Gasteiger partial charge in [-0.05, 0) is 38.3 Å². The van der Waals surface area contributed by atoms with Crippen molar-refractivity contribution < 1.29 is 13.2 Å². The van der Waals surface area contributed by atoms with Crippen molar-refractivity contribution in [3.05, 3.63) is 29.3 Å². The Balaban J connectivity index is 2.24. The van der Waals surface area contributed by atoms with Crippen LogP contribution in [0.2, 0.25) is 0 Å². The molecule has 1 fully saturated rings. The van der Waals surface area contributed by atoms with Gasteiger partial charge in [-0.2, -0.15) is 0 Å². The smallest absolute Gasteiger partial charge is 0.243 e. The van der Waals surface area contributed by atoms with Crippen LogP contribution in [0.3, 0.4) is 0 Å². The Labute approximate surface area is 139 Å². The lowest BCUT2D eigenvalue weighted by Gasteiger charge is -2.29. The van der Waals surface area contributed by atoms with Crippen LogP contribution in [-0.4, -0.2) is 45.1 Å². The second kappa shape index (κ2) is 6.91. The van der Waals surface area contributed by atoms with Gasteiger partial charge in [-0.3, -0.25) is 9.10 Å². The normalized spacial score (nSPS) is 15.7. The van der Waals surface area contributed by atoms with Crippen molar-refractivity contribution >= 4 is 21.6 Å². The van der Waals surface area contributed by atoms with Gasteiger partial charge in [0.05, 0.1) is 11.9 Å². The van der Waals surface area contributed by atoms with E-state index < -0.39 is 10.0 Å². The molecule has 0 bridgehead atoms. The molecule has 1 saturated carbocycles. The molecule has 0 aliphatic heterocycles. The van der Waals surface area contributed by atoms with Gasteiger partial charge in [0.15, 0.2) is 0 Å². The van der Waals surface area contributed by atoms with E-state index in [0.29, 0.717) is 5.69 Å². The zero-order chi connectivity index (χ0) is 17.2. The van der Waals surface area contributed by atoms with E-state index in [1.54, 1.807) is 18.0 Å². The van der Waals surface area contributed by atoms with Crippen LogP contribution >= 0.6 is 0 Å². The second-order valence-corrected chi connectivity index (χ2v) is 8.41. The van der Waals surface area contributed by atoms with E-state index in [-0.39, 0.29) is 18.5 Å².